The number of carbonyl (C=O) groups excluding carboxylic acids is 1. The molecule has 1 amide bonds. The number of hydrogen-bond donors (Lipinski definition) is 1. The largest absolute Gasteiger partial charge is 0.351 e. The molecule has 20 heavy (non-hydrogen) atoms. The predicted octanol–water partition coefficient (Wildman–Crippen LogP) is 3.59. The number of carbonyl (C=O) groups is 1. The van der Waals surface area contributed by atoms with Crippen molar-refractivity contribution in [3.05, 3.63) is 37.6 Å². The molecule has 5 nitrogen and oxygen atoms in total. The van der Waals surface area contributed by atoms with Crippen LogP contribution in [0.25, 0.3) is 0 Å². The SMILES string of the molecule is Cc1sc(C(=O)NCCC2=CCCCC2)cc1[N+](=O)[O-]. The molecule has 0 unspecified atom stereocenters. The van der Waals surface area contributed by atoms with Gasteiger partial charge in [-0.3, -0.25) is 14.9 Å². The molecule has 1 aliphatic carbocycles. The molecule has 1 aromatic heterocycles. The van der Waals surface area contributed by atoms with Crippen LogP contribution < -0.4 is 5.32 Å². The highest BCUT2D eigenvalue weighted by Crippen LogP contribution is 2.28. The van der Waals surface area contributed by atoms with Crippen molar-refractivity contribution in [3.63, 3.8) is 0 Å². The summed E-state index contributed by atoms with van der Waals surface area (Å²) in [6.07, 6.45) is 7.89. The molecule has 0 fully saturated rings. The smallest absolute Gasteiger partial charge is 0.283 e. The van der Waals surface area contributed by atoms with Gasteiger partial charge in [-0.25, -0.2) is 0 Å². The number of allylic oxidation sites excluding steroid dienone is 1. The first-order valence-electron chi connectivity index (χ1n) is 6.79. The van der Waals surface area contributed by atoms with Gasteiger partial charge in [0.1, 0.15) is 0 Å². The zero-order chi connectivity index (χ0) is 14.5. The van der Waals surface area contributed by atoms with E-state index in [-0.39, 0.29) is 11.6 Å². The van der Waals surface area contributed by atoms with Crippen molar-refractivity contribution in [3.8, 4) is 0 Å². The average Bonchev–Trinajstić information content (AvgIpc) is 2.82. The molecule has 0 atom stereocenters. The van der Waals surface area contributed by atoms with Crippen LogP contribution >= 0.6 is 11.3 Å². The summed E-state index contributed by atoms with van der Waals surface area (Å²) in [6.45, 7) is 2.25. The van der Waals surface area contributed by atoms with Gasteiger partial charge in [0.25, 0.3) is 11.6 Å². The van der Waals surface area contributed by atoms with Crippen LogP contribution in [0.5, 0.6) is 0 Å². The summed E-state index contributed by atoms with van der Waals surface area (Å²) in [5.74, 6) is -0.220. The Hall–Kier alpha value is -1.69. The van der Waals surface area contributed by atoms with Crippen molar-refractivity contribution in [2.24, 2.45) is 0 Å². The topological polar surface area (TPSA) is 72.2 Å². The Kier molecular flexibility index (Phi) is 4.89. The molecule has 0 spiro atoms. The Morgan fingerprint density at radius 3 is 2.90 bits per heavy atom. The summed E-state index contributed by atoms with van der Waals surface area (Å²) in [4.78, 5) is 23.2. The van der Waals surface area contributed by atoms with Gasteiger partial charge < -0.3 is 5.32 Å². The van der Waals surface area contributed by atoms with Gasteiger partial charge in [-0.05, 0) is 39.0 Å². The highest BCUT2D eigenvalue weighted by molar-refractivity contribution is 7.14. The molecular weight excluding hydrogens is 276 g/mol. The molecule has 0 radical (unpaired) electrons. The van der Waals surface area contributed by atoms with Gasteiger partial charge in [0, 0.05) is 12.6 Å². The maximum absolute atomic E-state index is 11.9. The first kappa shape index (κ1) is 14.7. The summed E-state index contributed by atoms with van der Waals surface area (Å²) in [7, 11) is 0. The lowest BCUT2D eigenvalue weighted by atomic mass is 9.97. The monoisotopic (exact) mass is 294 g/mol. The summed E-state index contributed by atoms with van der Waals surface area (Å²) in [5, 5.41) is 13.6. The summed E-state index contributed by atoms with van der Waals surface area (Å²) in [6, 6.07) is 1.36. The first-order chi connectivity index (χ1) is 9.58. The summed E-state index contributed by atoms with van der Waals surface area (Å²) in [5.41, 5.74) is 1.43. The molecule has 1 heterocycles. The molecule has 0 saturated heterocycles. The van der Waals surface area contributed by atoms with E-state index in [1.54, 1.807) is 6.92 Å². The van der Waals surface area contributed by atoms with Gasteiger partial charge in [-0.2, -0.15) is 0 Å². The first-order valence-corrected chi connectivity index (χ1v) is 7.60. The Morgan fingerprint density at radius 1 is 1.50 bits per heavy atom. The number of amides is 1. The highest BCUT2D eigenvalue weighted by Gasteiger charge is 2.19. The number of nitro groups is 1. The molecule has 1 aromatic rings. The number of aryl methyl sites for hydroxylation is 1. The van der Waals surface area contributed by atoms with Crippen LogP contribution in [-0.2, 0) is 0 Å². The second kappa shape index (κ2) is 6.65. The second-order valence-electron chi connectivity index (χ2n) is 4.92. The molecule has 108 valence electrons. The molecule has 0 bridgehead atoms. The zero-order valence-electron chi connectivity index (χ0n) is 11.5. The van der Waals surface area contributed by atoms with E-state index in [2.05, 4.69) is 11.4 Å². The van der Waals surface area contributed by atoms with Gasteiger partial charge >= 0.3 is 0 Å². The third-order valence-corrected chi connectivity index (χ3v) is 4.47. The van der Waals surface area contributed by atoms with E-state index in [0.717, 1.165) is 19.3 Å². The fourth-order valence-corrected chi connectivity index (χ4v) is 3.22. The lowest BCUT2D eigenvalue weighted by Gasteiger charge is -2.12. The van der Waals surface area contributed by atoms with Gasteiger partial charge in [-0.15, -0.1) is 11.3 Å². The van der Waals surface area contributed by atoms with Crippen molar-refractivity contribution < 1.29 is 9.72 Å². The van der Waals surface area contributed by atoms with Gasteiger partial charge in [-0.1, -0.05) is 11.6 Å². The third-order valence-electron chi connectivity index (χ3n) is 3.43. The Morgan fingerprint density at radius 2 is 2.30 bits per heavy atom. The minimum Gasteiger partial charge on any atom is -0.351 e. The summed E-state index contributed by atoms with van der Waals surface area (Å²) < 4.78 is 0. The third kappa shape index (κ3) is 3.66. The molecule has 6 heteroatoms. The maximum atomic E-state index is 11.9. The molecule has 0 aromatic carbocycles. The number of rotatable bonds is 5. The fraction of sp³-hybridized carbons (Fsp3) is 0.500. The Balaban J connectivity index is 1.87. The quantitative estimate of drug-likeness (QED) is 0.512. The van der Waals surface area contributed by atoms with Crippen molar-refractivity contribution in [1.82, 2.24) is 5.32 Å². The van der Waals surface area contributed by atoms with E-state index in [9.17, 15) is 14.9 Å². The van der Waals surface area contributed by atoms with Crippen LogP contribution in [0.1, 0.15) is 46.7 Å². The normalized spacial score (nSPS) is 14.8. The minimum absolute atomic E-state index is 0.0233. The molecular formula is C14H18N2O3S. The van der Waals surface area contributed by atoms with Crippen molar-refractivity contribution in [2.45, 2.75) is 39.0 Å². The molecule has 0 saturated carbocycles. The Labute approximate surface area is 121 Å². The van der Waals surface area contributed by atoms with Crippen LogP contribution in [-0.4, -0.2) is 17.4 Å². The van der Waals surface area contributed by atoms with Gasteiger partial charge in [0.05, 0.1) is 14.7 Å². The number of thiophene rings is 1. The van der Waals surface area contributed by atoms with E-state index in [0.29, 0.717) is 16.3 Å². The lowest BCUT2D eigenvalue weighted by molar-refractivity contribution is -0.385. The average molecular weight is 294 g/mol. The standard InChI is InChI=1S/C14H18N2O3S/c1-10-12(16(18)19)9-13(20-10)14(17)15-8-7-11-5-3-2-4-6-11/h5,9H,2-4,6-8H2,1H3,(H,15,17). The molecule has 2 rings (SSSR count). The zero-order valence-corrected chi connectivity index (χ0v) is 12.3. The van der Waals surface area contributed by atoms with Gasteiger partial charge in [0.2, 0.25) is 0 Å². The maximum Gasteiger partial charge on any atom is 0.283 e. The predicted molar refractivity (Wildman–Crippen MR) is 79.2 cm³/mol. The lowest BCUT2D eigenvalue weighted by Crippen LogP contribution is -2.24. The van der Waals surface area contributed by atoms with Crippen molar-refractivity contribution >= 4 is 22.9 Å². The van der Waals surface area contributed by atoms with Crippen LogP contribution in [0.2, 0.25) is 0 Å². The van der Waals surface area contributed by atoms with E-state index in [4.69, 9.17) is 0 Å². The molecule has 1 N–H and O–H groups in total. The highest BCUT2D eigenvalue weighted by atomic mass is 32.1. The van der Waals surface area contributed by atoms with Crippen LogP contribution in [0.15, 0.2) is 17.7 Å². The number of nitrogens with zero attached hydrogens (tertiary/aromatic N) is 1. The Bertz CT molecular complexity index is 549. The van der Waals surface area contributed by atoms with E-state index >= 15 is 0 Å². The molecule has 0 aliphatic heterocycles. The van der Waals surface area contributed by atoms with Crippen LogP contribution in [0.3, 0.4) is 0 Å². The van der Waals surface area contributed by atoms with E-state index in [1.807, 2.05) is 0 Å². The van der Waals surface area contributed by atoms with Crippen LogP contribution in [0, 0.1) is 17.0 Å². The van der Waals surface area contributed by atoms with Crippen molar-refractivity contribution in [2.75, 3.05) is 6.54 Å². The molecule has 1 aliphatic rings. The minimum atomic E-state index is -0.449. The number of hydrogen-bond acceptors (Lipinski definition) is 4. The second-order valence-corrected chi connectivity index (χ2v) is 6.18. The van der Waals surface area contributed by atoms with Gasteiger partial charge in [0.15, 0.2) is 0 Å². The fourth-order valence-electron chi connectivity index (χ4n) is 2.32. The van der Waals surface area contributed by atoms with Crippen LogP contribution in [0.4, 0.5) is 5.69 Å². The number of nitrogens with one attached hydrogen (secondary N) is 1. The van der Waals surface area contributed by atoms with E-state index in [1.165, 1.54) is 35.8 Å². The summed E-state index contributed by atoms with van der Waals surface area (Å²) >= 11 is 1.17. The van der Waals surface area contributed by atoms with Crippen molar-refractivity contribution in [1.29, 1.82) is 0 Å². The van der Waals surface area contributed by atoms with E-state index < -0.39 is 4.92 Å².